The van der Waals surface area contributed by atoms with Crippen molar-refractivity contribution < 1.29 is 5.11 Å². The molecule has 1 atom stereocenters. The van der Waals surface area contributed by atoms with Crippen molar-refractivity contribution in [3.63, 3.8) is 0 Å². The molecule has 100 valence electrons. The molecule has 0 aliphatic heterocycles. The normalized spacial score (nSPS) is 12.2. The smallest absolute Gasteiger partial charge is 0.0606 e. The van der Waals surface area contributed by atoms with Gasteiger partial charge in [-0.25, -0.2) is 0 Å². The van der Waals surface area contributed by atoms with E-state index >= 15 is 0 Å². The second-order valence-electron chi connectivity index (χ2n) is 4.18. The van der Waals surface area contributed by atoms with Crippen LogP contribution in [0.3, 0.4) is 0 Å². The van der Waals surface area contributed by atoms with Gasteiger partial charge in [0.05, 0.1) is 12.3 Å². The van der Waals surface area contributed by atoms with Gasteiger partial charge in [-0.2, -0.15) is 0 Å². The number of hydrogen-bond donors (Lipinski definition) is 2. The first-order valence-corrected chi connectivity index (χ1v) is 6.86. The van der Waals surface area contributed by atoms with E-state index in [4.69, 9.17) is 5.11 Å². The van der Waals surface area contributed by atoms with Crippen LogP contribution in [-0.2, 0) is 0 Å². The maximum atomic E-state index is 9.10. The molecule has 3 nitrogen and oxygen atoms in total. The zero-order valence-electron chi connectivity index (χ0n) is 11.0. The number of hydrogen-bond acceptors (Lipinski definition) is 3. The van der Waals surface area contributed by atoms with E-state index in [0.717, 1.165) is 16.7 Å². The molecule has 0 aliphatic carbocycles. The molecule has 0 spiro atoms. The predicted octanol–water partition coefficient (Wildman–Crippen LogP) is 2.71. The standard InChI is InChI=1S/C14H21BrN2O/c1-4-7-17(8-9-18)14-6-5-12(10-13(14)15)11(2)16-3/h4-6,10-11,16,18H,1,7-9H2,2-3H3. The quantitative estimate of drug-likeness (QED) is 0.760. The summed E-state index contributed by atoms with van der Waals surface area (Å²) >= 11 is 3.60. The number of nitrogens with one attached hydrogen (secondary N) is 1. The zero-order chi connectivity index (χ0) is 13.5. The highest BCUT2D eigenvalue weighted by Gasteiger charge is 2.11. The summed E-state index contributed by atoms with van der Waals surface area (Å²) < 4.78 is 1.04. The van der Waals surface area contributed by atoms with Crippen molar-refractivity contribution in [2.75, 3.05) is 31.6 Å². The van der Waals surface area contributed by atoms with Gasteiger partial charge < -0.3 is 15.3 Å². The molecule has 2 N–H and O–H groups in total. The van der Waals surface area contributed by atoms with Gasteiger partial charge in [0.15, 0.2) is 0 Å². The molecule has 0 fully saturated rings. The van der Waals surface area contributed by atoms with E-state index in [1.54, 1.807) is 0 Å². The Morgan fingerprint density at radius 2 is 2.28 bits per heavy atom. The number of nitrogens with zero attached hydrogens (tertiary/aromatic N) is 1. The van der Waals surface area contributed by atoms with E-state index in [2.05, 4.69) is 57.8 Å². The highest BCUT2D eigenvalue weighted by Crippen LogP contribution is 2.29. The largest absolute Gasteiger partial charge is 0.395 e. The number of benzene rings is 1. The molecular formula is C14H21BrN2O. The van der Waals surface area contributed by atoms with Gasteiger partial charge in [0, 0.05) is 23.6 Å². The second kappa shape index (κ2) is 7.56. The van der Waals surface area contributed by atoms with E-state index in [1.165, 1.54) is 5.56 Å². The molecule has 0 saturated carbocycles. The number of aliphatic hydroxyl groups is 1. The van der Waals surface area contributed by atoms with E-state index in [-0.39, 0.29) is 6.61 Å². The van der Waals surface area contributed by atoms with Gasteiger partial charge in [0.1, 0.15) is 0 Å². The lowest BCUT2D eigenvalue weighted by Gasteiger charge is -2.24. The maximum absolute atomic E-state index is 9.10. The van der Waals surface area contributed by atoms with Gasteiger partial charge in [-0.1, -0.05) is 12.1 Å². The van der Waals surface area contributed by atoms with Crippen molar-refractivity contribution in [2.45, 2.75) is 13.0 Å². The van der Waals surface area contributed by atoms with E-state index < -0.39 is 0 Å². The van der Waals surface area contributed by atoms with Crippen LogP contribution in [0.15, 0.2) is 35.3 Å². The fraction of sp³-hybridized carbons (Fsp3) is 0.429. The first kappa shape index (κ1) is 15.2. The van der Waals surface area contributed by atoms with E-state index in [1.807, 2.05) is 13.1 Å². The average Bonchev–Trinajstić information content (AvgIpc) is 2.37. The fourth-order valence-corrected chi connectivity index (χ4v) is 2.45. The Morgan fingerprint density at radius 1 is 1.56 bits per heavy atom. The molecule has 0 saturated heterocycles. The van der Waals surface area contributed by atoms with E-state index in [9.17, 15) is 0 Å². The summed E-state index contributed by atoms with van der Waals surface area (Å²) in [7, 11) is 1.95. The molecule has 0 aliphatic rings. The zero-order valence-corrected chi connectivity index (χ0v) is 12.6. The molecule has 0 heterocycles. The number of rotatable bonds is 7. The lowest BCUT2D eigenvalue weighted by molar-refractivity contribution is 0.303. The first-order chi connectivity index (χ1) is 8.63. The van der Waals surface area contributed by atoms with Gasteiger partial charge >= 0.3 is 0 Å². The first-order valence-electron chi connectivity index (χ1n) is 6.07. The Labute approximate surface area is 118 Å². The Hall–Kier alpha value is -0.840. The van der Waals surface area contributed by atoms with Gasteiger partial charge in [-0.15, -0.1) is 6.58 Å². The molecule has 0 bridgehead atoms. The summed E-state index contributed by atoms with van der Waals surface area (Å²) in [5.74, 6) is 0. The number of aliphatic hydroxyl groups excluding tert-OH is 1. The van der Waals surface area contributed by atoms with Crippen LogP contribution in [0, 0.1) is 0 Å². The van der Waals surface area contributed by atoms with Gasteiger partial charge in [0.25, 0.3) is 0 Å². The Kier molecular flexibility index (Phi) is 6.39. The highest BCUT2D eigenvalue weighted by molar-refractivity contribution is 9.10. The third-order valence-electron chi connectivity index (χ3n) is 2.96. The van der Waals surface area contributed by atoms with Crippen molar-refractivity contribution in [3.8, 4) is 0 Å². The minimum absolute atomic E-state index is 0.134. The Morgan fingerprint density at radius 3 is 2.78 bits per heavy atom. The maximum Gasteiger partial charge on any atom is 0.0606 e. The molecule has 1 aromatic rings. The molecule has 1 aromatic carbocycles. The summed E-state index contributed by atoms with van der Waals surface area (Å²) in [6.07, 6.45) is 1.84. The molecule has 1 unspecified atom stereocenters. The van der Waals surface area contributed by atoms with Crippen molar-refractivity contribution in [1.29, 1.82) is 0 Å². The SMILES string of the molecule is C=CCN(CCO)c1ccc(C(C)NC)cc1Br. The monoisotopic (exact) mass is 312 g/mol. The van der Waals surface area contributed by atoms with Crippen LogP contribution in [-0.4, -0.2) is 31.9 Å². The summed E-state index contributed by atoms with van der Waals surface area (Å²) in [4.78, 5) is 2.09. The molecule has 0 radical (unpaired) electrons. The fourth-order valence-electron chi connectivity index (χ4n) is 1.80. The van der Waals surface area contributed by atoms with Crippen LogP contribution >= 0.6 is 15.9 Å². The minimum Gasteiger partial charge on any atom is -0.395 e. The van der Waals surface area contributed by atoms with Crippen molar-refractivity contribution in [2.24, 2.45) is 0 Å². The summed E-state index contributed by atoms with van der Waals surface area (Å²) in [6, 6.07) is 6.62. The molecule has 18 heavy (non-hydrogen) atoms. The minimum atomic E-state index is 0.134. The van der Waals surface area contributed by atoms with Crippen LogP contribution in [0.4, 0.5) is 5.69 Å². The number of anilines is 1. The lowest BCUT2D eigenvalue weighted by Crippen LogP contribution is -2.27. The van der Waals surface area contributed by atoms with Gasteiger partial charge in [-0.3, -0.25) is 0 Å². The summed E-state index contributed by atoms with van der Waals surface area (Å²) in [5.41, 5.74) is 2.31. The molecule has 0 amide bonds. The van der Waals surface area contributed by atoms with Crippen molar-refractivity contribution in [3.05, 3.63) is 40.9 Å². The van der Waals surface area contributed by atoms with Crippen LogP contribution < -0.4 is 10.2 Å². The summed E-state index contributed by atoms with van der Waals surface area (Å²) in [5, 5.41) is 12.3. The lowest BCUT2D eigenvalue weighted by atomic mass is 10.1. The van der Waals surface area contributed by atoms with Crippen LogP contribution in [0.2, 0.25) is 0 Å². The third kappa shape index (κ3) is 3.83. The van der Waals surface area contributed by atoms with Gasteiger partial charge in [0.2, 0.25) is 0 Å². The van der Waals surface area contributed by atoms with Crippen LogP contribution in [0.5, 0.6) is 0 Å². The molecule has 0 aromatic heterocycles. The second-order valence-corrected chi connectivity index (χ2v) is 5.03. The number of halogens is 1. The van der Waals surface area contributed by atoms with Crippen molar-refractivity contribution >= 4 is 21.6 Å². The Balaban J connectivity index is 2.98. The molecular weight excluding hydrogens is 292 g/mol. The van der Waals surface area contributed by atoms with Crippen LogP contribution in [0.25, 0.3) is 0 Å². The topological polar surface area (TPSA) is 35.5 Å². The van der Waals surface area contributed by atoms with Gasteiger partial charge in [-0.05, 0) is 47.6 Å². The Bertz CT molecular complexity index is 395. The van der Waals surface area contributed by atoms with Crippen LogP contribution in [0.1, 0.15) is 18.5 Å². The summed E-state index contributed by atoms with van der Waals surface area (Å²) in [6.45, 7) is 7.33. The highest BCUT2D eigenvalue weighted by atomic mass is 79.9. The third-order valence-corrected chi connectivity index (χ3v) is 3.60. The molecule has 1 rings (SSSR count). The predicted molar refractivity (Wildman–Crippen MR) is 81.1 cm³/mol. The van der Waals surface area contributed by atoms with Crippen molar-refractivity contribution in [1.82, 2.24) is 5.32 Å². The average molecular weight is 313 g/mol. The molecule has 4 heteroatoms. The van der Waals surface area contributed by atoms with E-state index in [0.29, 0.717) is 12.6 Å².